The summed E-state index contributed by atoms with van der Waals surface area (Å²) in [6, 6.07) is 78.1. The molecule has 0 spiro atoms. The van der Waals surface area contributed by atoms with Crippen molar-refractivity contribution >= 4 is 21.9 Å². The number of hydrogen-bond acceptors (Lipinski definition) is 4. The molecule has 0 radical (unpaired) electrons. The van der Waals surface area contributed by atoms with Crippen LogP contribution in [0.1, 0.15) is 0 Å². The zero-order valence-electron chi connectivity index (χ0n) is 33.1. The van der Waals surface area contributed by atoms with E-state index < -0.39 is 0 Å². The van der Waals surface area contributed by atoms with Gasteiger partial charge in [0.15, 0.2) is 17.5 Å². The molecule has 11 aromatic rings. The summed E-state index contributed by atoms with van der Waals surface area (Å²) < 4.78 is 6.78. The topological polar surface area (TPSA) is 51.8 Å². The Bertz CT molecular complexity index is 3200. The quantitative estimate of drug-likeness (QED) is 0.154. The smallest absolute Gasteiger partial charge is 0.164 e. The average molecular weight is 780 g/mol. The molecule has 4 nitrogen and oxygen atoms in total. The summed E-state index contributed by atoms with van der Waals surface area (Å²) in [5, 5.41) is 1.97. The Morgan fingerprint density at radius 3 is 1.16 bits per heavy atom. The highest BCUT2D eigenvalue weighted by atomic mass is 16.3. The Kier molecular flexibility index (Phi) is 9.14. The van der Waals surface area contributed by atoms with Gasteiger partial charge >= 0.3 is 0 Å². The number of benzene rings is 9. The average Bonchev–Trinajstić information content (AvgIpc) is 3.74. The number of rotatable bonds is 8. The lowest BCUT2D eigenvalue weighted by atomic mass is 9.96. The number of aromatic nitrogens is 3. The highest BCUT2D eigenvalue weighted by Crippen LogP contribution is 2.41. The minimum atomic E-state index is 0.582. The first kappa shape index (κ1) is 35.9. The largest absolute Gasteiger partial charge is 0.455 e. The van der Waals surface area contributed by atoms with Crippen molar-refractivity contribution in [2.45, 2.75) is 0 Å². The SMILES string of the molecule is c1ccc(-c2ccc(-c3cccc(-c4cccc5c4oc4cccc(-c6nc(-c7ccc(-c8ccccc8)cc7)nc(-c7ccc(-c8ccccc8)cc7)n6)c45)c3)cc2)cc1. The van der Waals surface area contributed by atoms with E-state index in [2.05, 4.69) is 194 Å². The monoisotopic (exact) mass is 779 g/mol. The van der Waals surface area contributed by atoms with E-state index >= 15 is 0 Å². The maximum Gasteiger partial charge on any atom is 0.164 e. The van der Waals surface area contributed by atoms with Crippen LogP contribution in [-0.4, -0.2) is 15.0 Å². The molecule has 0 aliphatic carbocycles. The number of fused-ring (bicyclic) bond motifs is 3. The fourth-order valence-electron chi connectivity index (χ4n) is 8.25. The fraction of sp³-hybridized carbons (Fsp3) is 0. The lowest BCUT2D eigenvalue weighted by Crippen LogP contribution is -2.00. The molecule has 0 saturated carbocycles. The molecule has 0 unspecified atom stereocenters. The van der Waals surface area contributed by atoms with E-state index in [9.17, 15) is 0 Å². The van der Waals surface area contributed by atoms with Crippen molar-refractivity contribution in [3.63, 3.8) is 0 Å². The van der Waals surface area contributed by atoms with Crippen molar-refractivity contribution in [1.29, 1.82) is 0 Å². The highest BCUT2D eigenvalue weighted by molar-refractivity contribution is 6.15. The molecule has 0 N–H and O–H groups in total. The molecule has 0 atom stereocenters. The summed E-state index contributed by atoms with van der Waals surface area (Å²) in [7, 11) is 0. The Morgan fingerprint density at radius 1 is 0.262 bits per heavy atom. The van der Waals surface area contributed by atoms with Crippen molar-refractivity contribution < 1.29 is 4.42 Å². The van der Waals surface area contributed by atoms with E-state index in [-0.39, 0.29) is 0 Å². The molecular weight excluding hydrogens is 743 g/mol. The zero-order valence-corrected chi connectivity index (χ0v) is 33.1. The van der Waals surface area contributed by atoms with E-state index in [0.717, 1.165) is 83.1 Å². The van der Waals surface area contributed by atoms with Gasteiger partial charge in [-0.2, -0.15) is 0 Å². The molecule has 4 heteroatoms. The van der Waals surface area contributed by atoms with Gasteiger partial charge in [-0.25, -0.2) is 15.0 Å². The number of furan rings is 1. The van der Waals surface area contributed by atoms with Crippen LogP contribution in [0.5, 0.6) is 0 Å². The minimum absolute atomic E-state index is 0.582. The molecule has 0 aliphatic rings. The second kappa shape index (κ2) is 15.5. The van der Waals surface area contributed by atoms with Crippen LogP contribution in [0.3, 0.4) is 0 Å². The van der Waals surface area contributed by atoms with E-state index in [1.165, 1.54) is 11.1 Å². The van der Waals surface area contributed by atoms with E-state index in [4.69, 9.17) is 19.4 Å². The van der Waals surface area contributed by atoms with Crippen molar-refractivity contribution in [1.82, 2.24) is 15.0 Å². The molecule has 0 aliphatic heterocycles. The van der Waals surface area contributed by atoms with Gasteiger partial charge in [-0.05, 0) is 62.2 Å². The highest BCUT2D eigenvalue weighted by Gasteiger charge is 2.20. The van der Waals surface area contributed by atoms with E-state index in [1.54, 1.807) is 0 Å². The van der Waals surface area contributed by atoms with Crippen LogP contribution in [0.25, 0.3) is 112 Å². The van der Waals surface area contributed by atoms with E-state index in [1.807, 2.05) is 30.3 Å². The Hall–Kier alpha value is -8.21. The van der Waals surface area contributed by atoms with Crippen LogP contribution >= 0.6 is 0 Å². The number of para-hydroxylation sites is 1. The van der Waals surface area contributed by atoms with Gasteiger partial charge in [0.1, 0.15) is 11.2 Å². The summed E-state index contributed by atoms with van der Waals surface area (Å²) in [5.41, 5.74) is 15.7. The van der Waals surface area contributed by atoms with Crippen molar-refractivity contribution in [3.05, 3.63) is 224 Å². The van der Waals surface area contributed by atoms with Crippen LogP contribution < -0.4 is 0 Å². The molecule has 286 valence electrons. The van der Waals surface area contributed by atoms with Crippen LogP contribution in [0.2, 0.25) is 0 Å². The maximum absolute atomic E-state index is 6.78. The van der Waals surface area contributed by atoms with Gasteiger partial charge in [0.2, 0.25) is 0 Å². The number of hydrogen-bond donors (Lipinski definition) is 0. The van der Waals surface area contributed by atoms with Gasteiger partial charge < -0.3 is 4.42 Å². The fourth-order valence-corrected chi connectivity index (χ4v) is 8.25. The minimum Gasteiger partial charge on any atom is -0.455 e. The standard InChI is InChI=1S/C57H37N3O/c1-4-13-38(14-5-1)41-25-27-44(28-26-41)47-19-10-20-48(37-47)49-21-11-22-50-53-51(23-12-24-52(53)61-54(49)50)57-59-55(45-33-29-42(30-34-45)39-15-6-2-7-16-39)58-56(60-57)46-35-31-43(32-36-46)40-17-8-3-9-18-40/h1-37H. The molecule has 11 rings (SSSR count). The summed E-state index contributed by atoms with van der Waals surface area (Å²) in [6.07, 6.45) is 0. The van der Waals surface area contributed by atoms with Crippen molar-refractivity contribution in [2.75, 3.05) is 0 Å². The van der Waals surface area contributed by atoms with Gasteiger partial charge in [-0.1, -0.05) is 212 Å². The van der Waals surface area contributed by atoms with Crippen LogP contribution in [0, 0.1) is 0 Å². The summed E-state index contributed by atoms with van der Waals surface area (Å²) in [6.45, 7) is 0. The Morgan fingerprint density at radius 2 is 0.639 bits per heavy atom. The van der Waals surface area contributed by atoms with Crippen LogP contribution in [-0.2, 0) is 0 Å². The second-order valence-corrected chi connectivity index (χ2v) is 15.2. The van der Waals surface area contributed by atoms with Gasteiger partial charge in [0, 0.05) is 33.0 Å². The van der Waals surface area contributed by atoms with Crippen LogP contribution in [0.15, 0.2) is 229 Å². The molecule has 61 heavy (non-hydrogen) atoms. The van der Waals surface area contributed by atoms with Gasteiger partial charge in [0.25, 0.3) is 0 Å². The number of nitrogens with zero attached hydrogens (tertiary/aromatic N) is 3. The van der Waals surface area contributed by atoms with Crippen molar-refractivity contribution in [3.8, 4) is 89.8 Å². The maximum atomic E-state index is 6.78. The normalized spacial score (nSPS) is 11.3. The molecule has 0 fully saturated rings. The van der Waals surface area contributed by atoms with Gasteiger partial charge in [-0.3, -0.25) is 0 Å². The first-order chi connectivity index (χ1) is 30.2. The van der Waals surface area contributed by atoms with Gasteiger partial charge in [0.05, 0.1) is 0 Å². The lowest BCUT2D eigenvalue weighted by Gasteiger charge is -2.10. The Balaban J connectivity index is 1.01. The lowest BCUT2D eigenvalue weighted by molar-refractivity contribution is 0.670. The summed E-state index contributed by atoms with van der Waals surface area (Å²) in [4.78, 5) is 15.5. The first-order valence-electron chi connectivity index (χ1n) is 20.5. The Labute approximate surface area is 354 Å². The van der Waals surface area contributed by atoms with E-state index in [0.29, 0.717) is 17.5 Å². The molecule has 0 amide bonds. The molecule has 2 aromatic heterocycles. The predicted molar refractivity (Wildman–Crippen MR) is 251 cm³/mol. The second-order valence-electron chi connectivity index (χ2n) is 15.2. The third-order valence-electron chi connectivity index (χ3n) is 11.4. The summed E-state index contributed by atoms with van der Waals surface area (Å²) in [5.74, 6) is 1.79. The zero-order chi connectivity index (χ0) is 40.5. The van der Waals surface area contributed by atoms with Crippen molar-refractivity contribution in [2.24, 2.45) is 0 Å². The third kappa shape index (κ3) is 6.96. The molecular formula is C57H37N3O. The molecule has 9 aromatic carbocycles. The third-order valence-corrected chi connectivity index (χ3v) is 11.4. The van der Waals surface area contributed by atoms with Gasteiger partial charge in [-0.15, -0.1) is 0 Å². The summed E-state index contributed by atoms with van der Waals surface area (Å²) >= 11 is 0. The molecule has 0 bridgehead atoms. The molecule has 0 saturated heterocycles. The first-order valence-corrected chi connectivity index (χ1v) is 20.5. The van der Waals surface area contributed by atoms with Crippen LogP contribution in [0.4, 0.5) is 0 Å². The predicted octanol–water partition coefficient (Wildman–Crippen LogP) is 15.1. The molecule has 2 heterocycles.